The summed E-state index contributed by atoms with van der Waals surface area (Å²) >= 11 is 0. The van der Waals surface area contributed by atoms with Crippen LogP contribution in [0.1, 0.15) is 103 Å². The largest absolute Gasteiger partial charge is 0.459 e. The van der Waals surface area contributed by atoms with Gasteiger partial charge in [-0.15, -0.1) is 0 Å². The van der Waals surface area contributed by atoms with Gasteiger partial charge in [0, 0.05) is 18.9 Å². The van der Waals surface area contributed by atoms with Crippen molar-refractivity contribution in [3.63, 3.8) is 0 Å². The predicted octanol–water partition coefficient (Wildman–Crippen LogP) is 3.78. The molecule has 0 aromatic rings. The van der Waals surface area contributed by atoms with Crippen LogP contribution in [0, 0.1) is 0 Å². The van der Waals surface area contributed by atoms with Crippen molar-refractivity contribution in [3.8, 4) is 0 Å². The molecule has 0 aromatic carbocycles. The summed E-state index contributed by atoms with van der Waals surface area (Å²) in [4.78, 5) is 11.9. The molecular weight excluding hydrogens is 384 g/mol. The second-order valence-corrected chi connectivity index (χ2v) is 8.96. The van der Waals surface area contributed by atoms with Gasteiger partial charge < -0.3 is 25.2 Å². The van der Waals surface area contributed by atoms with Gasteiger partial charge in [-0.05, 0) is 32.3 Å². The lowest BCUT2D eigenvalue weighted by Gasteiger charge is -2.19. The van der Waals surface area contributed by atoms with E-state index in [0.717, 1.165) is 25.7 Å². The minimum absolute atomic E-state index is 0.204. The van der Waals surface area contributed by atoms with Crippen LogP contribution >= 0.6 is 0 Å². The molecule has 1 rings (SSSR count). The first-order valence-corrected chi connectivity index (χ1v) is 12.0. The number of carbonyl (C=O) groups excluding carboxylic acids is 1. The van der Waals surface area contributed by atoms with E-state index in [-0.39, 0.29) is 19.3 Å². The molecule has 0 saturated carbocycles. The van der Waals surface area contributed by atoms with Crippen molar-refractivity contribution in [3.05, 3.63) is 12.2 Å². The number of esters is 1. The summed E-state index contributed by atoms with van der Waals surface area (Å²) in [6, 6.07) is 0. The van der Waals surface area contributed by atoms with E-state index in [1.807, 2.05) is 0 Å². The molecule has 0 radical (unpaired) electrons. The Bertz CT molecular complexity index is 467. The van der Waals surface area contributed by atoms with Gasteiger partial charge in [-0.2, -0.15) is 0 Å². The van der Waals surface area contributed by atoms with E-state index in [1.165, 1.54) is 50.7 Å². The van der Waals surface area contributed by atoms with Crippen molar-refractivity contribution < 1.29 is 30.0 Å². The van der Waals surface area contributed by atoms with Gasteiger partial charge in [-0.1, -0.05) is 64.2 Å². The molecule has 1 aliphatic rings. The van der Waals surface area contributed by atoms with Crippen molar-refractivity contribution in [1.82, 2.24) is 0 Å². The quantitative estimate of drug-likeness (QED) is 0.437. The molecule has 0 unspecified atom stereocenters. The Balaban J connectivity index is 2.49. The SMILES string of the molecule is C[C@@H]1C[C@H](O)C[C@@H](O)CCCCCCCCCCCC[C@H](O)C[C@H](O)/C=C\C(=O)O1. The van der Waals surface area contributed by atoms with E-state index in [9.17, 15) is 25.2 Å². The Labute approximate surface area is 182 Å². The maximum atomic E-state index is 11.9. The van der Waals surface area contributed by atoms with Crippen LogP contribution in [0.5, 0.6) is 0 Å². The average Bonchev–Trinajstić information content (AvgIpc) is 2.66. The third-order valence-electron chi connectivity index (χ3n) is 5.76. The first-order chi connectivity index (χ1) is 14.4. The van der Waals surface area contributed by atoms with E-state index >= 15 is 0 Å². The van der Waals surface area contributed by atoms with Crippen molar-refractivity contribution in [2.45, 2.75) is 134 Å². The maximum Gasteiger partial charge on any atom is 0.330 e. The van der Waals surface area contributed by atoms with Gasteiger partial charge in [0.15, 0.2) is 0 Å². The predicted molar refractivity (Wildman–Crippen MR) is 118 cm³/mol. The smallest absolute Gasteiger partial charge is 0.330 e. The fourth-order valence-electron chi connectivity index (χ4n) is 4.04. The Morgan fingerprint density at radius 1 is 0.700 bits per heavy atom. The Kier molecular flexibility index (Phi) is 15.1. The van der Waals surface area contributed by atoms with Crippen LogP contribution in [-0.4, -0.2) is 56.9 Å². The molecule has 176 valence electrons. The van der Waals surface area contributed by atoms with Crippen LogP contribution in [0.2, 0.25) is 0 Å². The highest BCUT2D eigenvalue weighted by Gasteiger charge is 2.17. The third-order valence-corrected chi connectivity index (χ3v) is 5.76. The molecule has 30 heavy (non-hydrogen) atoms. The van der Waals surface area contributed by atoms with Crippen LogP contribution in [0.4, 0.5) is 0 Å². The number of carbonyl (C=O) groups is 1. The van der Waals surface area contributed by atoms with Gasteiger partial charge in [-0.25, -0.2) is 4.79 Å². The van der Waals surface area contributed by atoms with Crippen LogP contribution in [0.25, 0.3) is 0 Å². The highest BCUT2D eigenvalue weighted by atomic mass is 16.5. The summed E-state index contributed by atoms with van der Waals surface area (Å²) in [5.41, 5.74) is 0. The number of cyclic esters (lactones) is 1. The summed E-state index contributed by atoms with van der Waals surface area (Å²) < 4.78 is 5.23. The minimum Gasteiger partial charge on any atom is -0.459 e. The van der Waals surface area contributed by atoms with E-state index in [0.29, 0.717) is 12.8 Å². The average molecular weight is 429 g/mol. The molecule has 0 amide bonds. The highest BCUT2D eigenvalue weighted by molar-refractivity contribution is 5.82. The van der Waals surface area contributed by atoms with Gasteiger partial charge in [0.1, 0.15) is 6.10 Å². The number of aliphatic hydroxyl groups excluding tert-OH is 4. The molecule has 0 aliphatic carbocycles. The van der Waals surface area contributed by atoms with Gasteiger partial charge >= 0.3 is 5.97 Å². The number of rotatable bonds is 0. The van der Waals surface area contributed by atoms with Crippen LogP contribution < -0.4 is 0 Å². The molecule has 6 heteroatoms. The lowest BCUT2D eigenvalue weighted by molar-refractivity contribution is -0.143. The fraction of sp³-hybridized carbons (Fsp3) is 0.875. The Hall–Kier alpha value is -0.950. The Morgan fingerprint density at radius 2 is 1.17 bits per heavy atom. The van der Waals surface area contributed by atoms with Crippen LogP contribution in [0.3, 0.4) is 0 Å². The molecule has 0 bridgehead atoms. The lowest BCUT2D eigenvalue weighted by atomic mass is 10.00. The van der Waals surface area contributed by atoms with Gasteiger partial charge in [0.2, 0.25) is 0 Å². The summed E-state index contributed by atoms with van der Waals surface area (Å²) in [6.07, 6.45) is 12.8. The van der Waals surface area contributed by atoms with Crippen molar-refractivity contribution >= 4 is 5.97 Å². The number of hydrogen-bond acceptors (Lipinski definition) is 6. The first kappa shape index (κ1) is 27.1. The summed E-state index contributed by atoms with van der Waals surface area (Å²) in [6.45, 7) is 1.70. The molecule has 4 N–H and O–H groups in total. The first-order valence-electron chi connectivity index (χ1n) is 12.0. The molecule has 1 heterocycles. The van der Waals surface area contributed by atoms with E-state index < -0.39 is 36.5 Å². The third kappa shape index (κ3) is 14.9. The van der Waals surface area contributed by atoms with Crippen molar-refractivity contribution in [2.24, 2.45) is 0 Å². The standard InChI is InChI=1S/C24H44O6/c1-19-16-23(28)18-21(26)13-11-9-7-5-3-2-4-6-8-10-12-20(25)17-22(27)14-15-24(29)30-19/h14-15,19-23,25-28H,2-13,16-18H2,1H3/b15-14-/t19-,20+,21+,22-,23+/m1/s1. The molecular formula is C24H44O6. The van der Waals surface area contributed by atoms with Crippen molar-refractivity contribution in [2.75, 3.05) is 0 Å². The second-order valence-electron chi connectivity index (χ2n) is 8.96. The lowest BCUT2D eigenvalue weighted by Crippen LogP contribution is -2.24. The van der Waals surface area contributed by atoms with Crippen LogP contribution in [-0.2, 0) is 9.53 Å². The second kappa shape index (κ2) is 16.7. The topological polar surface area (TPSA) is 107 Å². The maximum absolute atomic E-state index is 11.9. The molecule has 1 aliphatic heterocycles. The van der Waals surface area contributed by atoms with Gasteiger partial charge in [-0.3, -0.25) is 0 Å². The zero-order valence-electron chi connectivity index (χ0n) is 18.8. The summed E-state index contributed by atoms with van der Waals surface area (Å²) in [7, 11) is 0. The molecule has 0 saturated heterocycles. The van der Waals surface area contributed by atoms with Crippen LogP contribution in [0.15, 0.2) is 12.2 Å². The van der Waals surface area contributed by atoms with Gasteiger partial charge in [0.05, 0.1) is 24.4 Å². The molecule has 0 fully saturated rings. The number of hydrogen-bond donors (Lipinski definition) is 4. The molecule has 6 nitrogen and oxygen atoms in total. The normalized spacial score (nSPS) is 34.4. The zero-order valence-corrected chi connectivity index (χ0v) is 18.8. The molecule has 0 spiro atoms. The Morgan fingerprint density at radius 3 is 1.70 bits per heavy atom. The monoisotopic (exact) mass is 428 g/mol. The molecule has 5 atom stereocenters. The highest BCUT2D eigenvalue weighted by Crippen LogP contribution is 2.16. The summed E-state index contributed by atoms with van der Waals surface area (Å²) in [5, 5.41) is 40.3. The zero-order chi connectivity index (χ0) is 22.2. The van der Waals surface area contributed by atoms with E-state index in [4.69, 9.17) is 4.74 Å². The number of aliphatic hydroxyl groups is 4. The minimum atomic E-state index is -0.894. The number of ether oxygens (including phenoxy) is 1. The fourth-order valence-corrected chi connectivity index (χ4v) is 4.04. The van der Waals surface area contributed by atoms with E-state index in [1.54, 1.807) is 6.92 Å². The summed E-state index contributed by atoms with van der Waals surface area (Å²) in [5.74, 6) is -0.585. The molecule has 0 aromatic heterocycles. The van der Waals surface area contributed by atoms with E-state index in [2.05, 4.69) is 0 Å². The van der Waals surface area contributed by atoms with Gasteiger partial charge in [0.25, 0.3) is 0 Å². The van der Waals surface area contributed by atoms with Crippen molar-refractivity contribution in [1.29, 1.82) is 0 Å².